The fraction of sp³-hybridized carbons (Fsp3) is 0.308. The van der Waals surface area contributed by atoms with E-state index in [-0.39, 0.29) is 17.2 Å². The maximum absolute atomic E-state index is 12.1. The van der Waals surface area contributed by atoms with Crippen LogP contribution in [0.3, 0.4) is 0 Å². The SMILES string of the molecule is C=CCN1C(=O)/C(=C/C(C)=C/OCC)C(=O)NC1=S. The van der Waals surface area contributed by atoms with Crippen LogP contribution in [0, 0.1) is 0 Å². The molecule has 1 N–H and O–H groups in total. The molecule has 0 aromatic heterocycles. The summed E-state index contributed by atoms with van der Waals surface area (Å²) in [6, 6.07) is 0. The minimum absolute atomic E-state index is 0.0314. The lowest BCUT2D eigenvalue weighted by Gasteiger charge is -2.27. The predicted octanol–water partition coefficient (Wildman–Crippen LogP) is 1.28. The maximum atomic E-state index is 12.1. The maximum Gasteiger partial charge on any atom is 0.265 e. The van der Waals surface area contributed by atoms with Crippen molar-refractivity contribution in [1.29, 1.82) is 0 Å². The summed E-state index contributed by atoms with van der Waals surface area (Å²) in [6.45, 7) is 7.92. The van der Waals surface area contributed by atoms with Crippen LogP contribution in [0.2, 0.25) is 0 Å². The van der Waals surface area contributed by atoms with Crippen LogP contribution >= 0.6 is 12.2 Å². The number of allylic oxidation sites excluding steroid dienone is 2. The summed E-state index contributed by atoms with van der Waals surface area (Å²) in [5, 5.41) is 2.57. The van der Waals surface area contributed by atoms with Gasteiger partial charge in [-0.2, -0.15) is 0 Å². The normalized spacial score (nSPS) is 18.6. The molecule has 0 aromatic carbocycles. The van der Waals surface area contributed by atoms with Crippen LogP contribution < -0.4 is 5.32 Å². The van der Waals surface area contributed by atoms with E-state index in [4.69, 9.17) is 17.0 Å². The highest BCUT2D eigenvalue weighted by Crippen LogP contribution is 2.12. The lowest BCUT2D eigenvalue weighted by Crippen LogP contribution is -2.53. The van der Waals surface area contributed by atoms with Crippen LogP contribution in [-0.2, 0) is 14.3 Å². The van der Waals surface area contributed by atoms with Gasteiger partial charge in [0.25, 0.3) is 11.8 Å². The van der Waals surface area contributed by atoms with Gasteiger partial charge in [-0.05, 0) is 37.7 Å². The molecule has 1 heterocycles. The Balaban J connectivity index is 3.01. The summed E-state index contributed by atoms with van der Waals surface area (Å²) < 4.78 is 5.10. The van der Waals surface area contributed by atoms with Crippen molar-refractivity contribution in [3.8, 4) is 0 Å². The van der Waals surface area contributed by atoms with Gasteiger partial charge in [-0.15, -0.1) is 6.58 Å². The van der Waals surface area contributed by atoms with Crippen LogP contribution in [0.5, 0.6) is 0 Å². The molecule has 0 spiro atoms. The van der Waals surface area contributed by atoms with E-state index < -0.39 is 11.8 Å². The molecule has 19 heavy (non-hydrogen) atoms. The molecular formula is C13H16N2O3S. The minimum atomic E-state index is -0.500. The largest absolute Gasteiger partial charge is 0.501 e. The number of hydrogen-bond acceptors (Lipinski definition) is 4. The second kappa shape index (κ2) is 6.84. The summed E-state index contributed by atoms with van der Waals surface area (Å²) in [5.41, 5.74) is 0.704. The predicted molar refractivity (Wildman–Crippen MR) is 76.1 cm³/mol. The first kappa shape index (κ1) is 15.1. The van der Waals surface area contributed by atoms with Gasteiger partial charge in [0.05, 0.1) is 12.9 Å². The van der Waals surface area contributed by atoms with Crippen LogP contribution in [-0.4, -0.2) is 35.0 Å². The number of ether oxygens (including phenoxy) is 1. The third kappa shape index (κ3) is 3.75. The van der Waals surface area contributed by atoms with Gasteiger partial charge < -0.3 is 4.74 Å². The number of thiocarbonyl (C=S) groups is 1. The third-order valence-electron chi connectivity index (χ3n) is 2.31. The number of amides is 2. The summed E-state index contributed by atoms with van der Waals surface area (Å²) in [5.74, 6) is -0.933. The molecule has 0 radical (unpaired) electrons. The third-order valence-corrected chi connectivity index (χ3v) is 2.63. The van der Waals surface area contributed by atoms with Crippen LogP contribution in [0.4, 0.5) is 0 Å². The Morgan fingerprint density at radius 3 is 2.79 bits per heavy atom. The van der Waals surface area contributed by atoms with Crippen molar-refractivity contribution in [3.63, 3.8) is 0 Å². The molecule has 1 saturated heterocycles. The van der Waals surface area contributed by atoms with E-state index >= 15 is 0 Å². The zero-order chi connectivity index (χ0) is 14.4. The molecule has 1 rings (SSSR count). The Morgan fingerprint density at radius 1 is 1.53 bits per heavy atom. The van der Waals surface area contributed by atoms with Crippen molar-refractivity contribution < 1.29 is 14.3 Å². The van der Waals surface area contributed by atoms with Gasteiger partial charge in [0.2, 0.25) is 0 Å². The van der Waals surface area contributed by atoms with Crippen molar-refractivity contribution in [2.24, 2.45) is 0 Å². The zero-order valence-electron chi connectivity index (χ0n) is 10.9. The average Bonchev–Trinajstić information content (AvgIpc) is 2.37. The Morgan fingerprint density at radius 2 is 2.21 bits per heavy atom. The first-order chi connectivity index (χ1) is 9.01. The van der Waals surface area contributed by atoms with Gasteiger partial charge in [-0.25, -0.2) is 0 Å². The quantitative estimate of drug-likeness (QED) is 0.271. The highest BCUT2D eigenvalue weighted by Gasteiger charge is 2.32. The van der Waals surface area contributed by atoms with Gasteiger partial charge in [-0.3, -0.25) is 19.8 Å². The molecule has 2 amide bonds. The summed E-state index contributed by atoms with van der Waals surface area (Å²) in [4.78, 5) is 25.2. The second-order valence-electron chi connectivity index (χ2n) is 3.84. The molecule has 0 aliphatic carbocycles. The lowest BCUT2D eigenvalue weighted by molar-refractivity contribution is -0.128. The van der Waals surface area contributed by atoms with Gasteiger partial charge in [0, 0.05) is 6.54 Å². The minimum Gasteiger partial charge on any atom is -0.501 e. The van der Waals surface area contributed by atoms with E-state index in [1.807, 2.05) is 6.92 Å². The van der Waals surface area contributed by atoms with Crippen molar-refractivity contribution in [2.75, 3.05) is 13.2 Å². The lowest BCUT2D eigenvalue weighted by atomic mass is 10.1. The number of hydrogen-bond donors (Lipinski definition) is 1. The van der Waals surface area contributed by atoms with Crippen LogP contribution in [0.15, 0.2) is 36.1 Å². The highest BCUT2D eigenvalue weighted by molar-refractivity contribution is 7.80. The Bertz CT molecular complexity index is 480. The van der Waals surface area contributed by atoms with Crippen molar-refractivity contribution >= 4 is 29.1 Å². The number of nitrogens with zero attached hydrogens (tertiary/aromatic N) is 1. The molecule has 1 fully saturated rings. The molecule has 102 valence electrons. The molecule has 0 bridgehead atoms. The fourth-order valence-corrected chi connectivity index (χ4v) is 1.72. The molecule has 1 aliphatic heterocycles. The van der Waals surface area contributed by atoms with E-state index in [2.05, 4.69) is 11.9 Å². The first-order valence-electron chi connectivity index (χ1n) is 5.79. The monoisotopic (exact) mass is 280 g/mol. The van der Waals surface area contributed by atoms with Crippen LogP contribution in [0.25, 0.3) is 0 Å². The van der Waals surface area contributed by atoms with Gasteiger partial charge >= 0.3 is 0 Å². The molecular weight excluding hydrogens is 264 g/mol. The summed E-state index contributed by atoms with van der Waals surface area (Å²) >= 11 is 4.94. The molecule has 5 nitrogen and oxygen atoms in total. The van der Waals surface area contributed by atoms with Crippen molar-refractivity contribution in [3.05, 3.63) is 36.1 Å². The van der Waals surface area contributed by atoms with E-state index in [0.29, 0.717) is 12.2 Å². The van der Waals surface area contributed by atoms with E-state index in [0.717, 1.165) is 0 Å². The summed E-state index contributed by atoms with van der Waals surface area (Å²) in [6.07, 6.45) is 4.52. The van der Waals surface area contributed by atoms with Gasteiger partial charge in [0.1, 0.15) is 5.57 Å². The van der Waals surface area contributed by atoms with Crippen LogP contribution in [0.1, 0.15) is 13.8 Å². The van der Waals surface area contributed by atoms with Gasteiger partial charge in [-0.1, -0.05) is 6.08 Å². The molecule has 0 unspecified atom stereocenters. The Kier molecular flexibility index (Phi) is 5.44. The highest BCUT2D eigenvalue weighted by atomic mass is 32.1. The zero-order valence-corrected chi connectivity index (χ0v) is 11.8. The van der Waals surface area contributed by atoms with E-state index in [1.165, 1.54) is 17.2 Å². The first-order valence-corrected chi connectivity index (χ1v) is 6.20. The fourth-order valence-electron chi connectivity index (χ4n) is 1.47. The number of carbonyl (C=O) groups is 2. The number of nitrogens with one attached hydrogen (secondary N) is 1. The van der Waals surface area contributed by atoms with E-state index in [1.54, 1.807) is 13.0 Å². The molecule has 6 heteroatoms. The molecule has 1 aliphatic rings. The topological polar surface area (TPSA) is 58.6 Å². The molecule has 0 aromatic rings. The Hall–Kier alpha value is -1.95. The number of carbonyl (C=O) groups excluding carboxylic acids is 2. The smallest absolute Gasteiger partial charge is 0.265 e. The van der Waals surface area contributed by atoms with Gasteiger partial charge in [0.15, 0.2) is 5.11 Å². The summed E-state index contributed by atoms with van der Waals surface area (Å²) in [7, 11) is 0. The standard InChI is InChI=1S/C13H16N2O3S/c1-4-6-15-12(17)10(11(16)14-13(15)19)7-9(3)8-18-5-2/h4,7-8H,1,5-6H2,2-3H3,(H,14,16,19)/b9-8+,10-7+. The molecule has 0 saturated carbocycles. The van der Waals surface area contributed by atoms with E-state index in [9.17, 15) is 9.59 Å². The molecule has 0 atom stereocenters. The number of rotatable bonds is 5. The van der Waals surface area contributed by atoms with Crippen molar-refractivity contribution in [2.45, 2.75) is 13.8 Å². The second-order valence-corrected chi connectivity index (χ2v) is 4.23. The Labute approximate surface area is 117 Å². The average molecular weight is 280 g/mol. The van der Waals surface area contributed by atoms with Crippen molar-refractivity contribution in [1.82, 2.24) is 10.2 Å².